The van der Waals surface area contributed by atoms with Crippen LogP contribution in [0.4, 0.5) is 13.2 Å². The minimum atomic E-state index is -4.10. The van der Waals surface area contributed by atoms with E-state index in [1.165, 1.54) is 4.90 Å². The van der Waals surface area contributed by atoms with Gasteiger partial charge >= 0.3 is 6.18 Å². The average molecular weight is 196 g/mol. The Hall–Kier alpha value is -0.290. The molecule has 0 saturated carbocycles. The maximum Gasteiger partial charge on any atom is 0.401 e. The second-order valence-corrected chi connectivity index (χ2v) is 3.91. The number of hydrogen-bond acceptors (Lipinski definition) is 2. The summed E-state index contributed by atoms with van der Waals surface area (Å²) >= 11 is 0. The van der Waals surface area contributed by atoms with Crippen LogP contribution in [0.2, 0.25) is 0 Å². The van der Waals surface area contributed by atoms with Crippen LogP contribution in [0.15, 0.2) is 0 Å². The minimum Gasteiger partial charge on any atom is -0.327 e. The quantitative estimate of drug-likeness (QED) is 0.683. The highest BCUT2D eigenvalue weighted by molar-refractivity contribution is 4.80. The van der Waals surface area contributed by atoms with Crippen LogP contribution < -0.4 is 5.73 Å². The topological polar surface area (TPSA) is 29.3 Å². The van der Waals surface area contributed by atoms with Crippen molar-refractivity contribution in [2.75, 3.05) is 19.6 Å². The van der Waals surface area contributed by atoms with E-state index in [-0.39, 0.29) is 12.0 Å². The van der Waals surface area contributed by atoms with Crippen LogP contribution in [0.5, 0.6) is 0 Å². The standard InChI is InChI=1S/C8H15F3N2/c1-6-2-7(12)4-13(3-6)5-8(9,10)11/h6-7H,2-5,12H2,1H3. The number of likely N-dealkylation sites (tertiary alicyclic amines) is 1. The maximum atomic E-state index is 12.0. The van der Waals surface area contributed by atoms with E-state index in [9.17, 15) is 13.2 Å². The molecule has 0 aliphatic carbocycles. The lowest BCUT2D eigenvalue weighted by molar-refractivity contribution is -0.149. The van der Waals surface area contributed by atoms with Crippen LogP contribution in [0, 0.1) is 5.92 Å². The number of nitrogens with zero attached hydrogens (tertiary/aromatic N) is 1. The van der Waals surface area contributed by atoms with Gasteiger partial charge in [0.2, 0.25) is 0 Å². The Labute approximate surface area is 75.9 Å². The first kappa shape index (κ1) is 10.8. The van der Waals surface area contributed by atoms with E-state index in [4.69, 9.17) is 5.73 Å². The molecule has 0 aromatic carbocycles. The van der Waals surface area contributed by atoms with E-state index in [0.29, 0.717) is 13.1 Å². The number of hydrogen-bond donors (Lipinski definition) is 1. The second-order valence-electron chi connectivity index (χ2n) is 3.91. The molecule has 13 heavy (non-hydrogen) atoms. The third kappa shape index (κ3) is 3.95. The van der Waals surface area contributed by atoms with Crippen LogP contribution in [-0.2, 0) is 0 Å². The van der Waals surface area contributed by atoms with Gasteiger partial charge in [-0.2, -0.15) is 13.2 Å². The molecule has 2 unspecified atom stereocenters. The number of piperidine rings is 1. The van der Waals surface area contributed by atoms with Crippen molar-refractivity contribution < 1.29 is 13.2 Å². The van der Waals surface area contributed by atoms with Crippen LogP contribution >= 0.6 is 0 Å². The van der Waals surface area contributed by atoms with Gasteiger partial charge in [-0.25, -0.2) is 0 Å². The Bertz CT molecular complexity index is 159. The SMILES string of the molecule is CC1CC(N)CN(CC(F)(F)F)C1. The highest BCUT2D eigenvalue weighted by atomic mass is 19.4. The molecule has 2 N–H and O–H groups in total. The normalized spacial score (nSPS) is 32.1. The zero-order valence-electron chi connectivity index (χ0n) is 7.64. The van der Waals surface area contributed by atoms with Crippen LogP contribution in [0.1, 0.15) is 13.3 Å². The fourth-order valence-electron chi connectivity index (χ4n) is 1.90. The zero-order chi connectivity index (χ0) is 10.1. The molecule has 0 spiro atoms. The maximum absolute atomic E-state index is 12.0. The first-order valence-corrected chi connectivity index (χ1v) is 4.41. The Balaban J connectivity index is 2.42. The summed E-state index contributed by atoms with van der Waals surface area (Å²) in [5.74, 6) is 0.270. The summed E-state index contributed by atoms with van der Waals surface area (Å²) < 4.78 is 36.0. The van der Waals surface area contributed by atoms with Gasteiger partial charge in [0.25, 0.3) is 0 Å². The predicted octanol–water partition coefficient (Wildman–Crippen LogP) is 1.22. The molecule has 0 radical (unpaired) electrons. The molecule has 1 saturated heterocycles. The van der Waals surface area contributed by atoms with Gasteiger partial charge in [-0.05, 0) is 12.3 Å². The van der Waals surface area contributed by atoms with Crippen molar-refractivity contribution in [3.8, 4) is 0 Å². The average Bonchev–Trinajstić information content (AvgIpc) is 1.78. The molecule has 1 heterocycles. The van der Waals surface area contributed by atoms with Crippen molar-refractivity contribution in [3.63, 3.8) is 0 Å². The minimum absolute atomic E-state index is 0.105. The predicted molar refractivity (Wildman–Crippen MR) is 44.3 cm³/mol. The lowest BCUT2D eigenvalue weighted by Gasteiger charge is -2.34. The highest BCUT2D eigenvalue weighted by Gasteiger charge is 2.33. The van der Waals surface area contributed by atoms with Crippen molar-refractivity contribution in [3.05, 3.63) is 0 Å². The zero-order valence-corrected chi connectivity index (χ0v) is 7.64. The molecule has 2 atom stereocenters. The van der Waals surface area contributed by atoms with Gasteiger partial charge in [-0.15, -0.1) is 0 Å². The summed E-state index contributed by atoms with van der Waals surface area (Å²) in [7, 11) is 0. The molecule has 78 valence electrons. The Morgan fingerprint density at radius 3 is 2.46 bits per heavy atom. The van der Waals surface area contributed by atoms with Gasteiger partial charge in [0.05, 0.1) is 6.54 Å². The highest BCUT2D eigenvalue weighted by Crippen LogP contribution is 2.21. The molecule has 0 amide bonds. The van der Waals surface area contributed by atoms with E-state index in [2.05, 4.69) is 0 Å². The van der Waals surface area contributed by atoms with Crippen molar-refractivity contribution in [2.24, 2.45) is 11.7 Å². The second kappa shape index (κ2) is 3.84. The van der Waals surface area contributed by atoms with Crippen molar-refractivity contribution in [1.29, 1.82) is 0 Å². The molecule has 1 fully saturated rings. The van der Waals surface area contributed by atoms with Gasteiger partial charge in [0, 0.05) is 19.1 Å². The fraction of sp³-hybridized carbons (Fsp3) is 1.00. The van der Waals surface area contributed by atoms with Crippen molar-refractivity contribution in [2.45, 2.75) is 25.6 Å². The number of alkyl halides is 3. The molecule has 2 nitrogen and oxygen atoms in total. The lowest BCUT2D eigenvalue weighted by Crippen LogP contribution is -2.49. The Kier molecular flexibility index (Phi) is 3.18. The Morgan fingerprint density at radius 1 is 1.38 bits per heavy atom. The van der Waals surface area contributed by atoms with Crippen molar-refractivity contribution in [1.82, 2.24) is 4.90 Å². The van der Waals surface area contributed by atoms with E-state index < -0.39 is 12.7 Å². The molecule has 1 aliphatic heterocycles. The molecule has 1 aliphatic rings. The number of rotatable bonds is 1. The number of nitrogens with two attached hydrogens (primary N) is 1. The molecule has 0 bridgehead atoms. The first-order valence-electron chi connectivity index (χ1n) is 4.41. The van der Waals surface area contributed by atoms with Crippen LogP contribution in [0.3, 0.4) is 0 Å². The fourth-order valence-corrected chi connectivity index (χ4v) is 1.90. The molecular formula is C8H15F3N2. The van der Waals surface area contributed by atoms with Gasteiger partial charge < -0.3 is 5.73 Å². The molecular weight excluding hydrogens is 181 g/mol. The number of halogens is 3. The summed E-state index contributed by atoms with van der Waals surface area (Å²) in [6.07, 6.45) is -3.27. The third-order valence-electron chi connectivity index (χ3n) is 2.17. The van der Waals surface area contributed by atoms with Crippen molar-refractivity contribution >= 4 is 0 Å². The first-order chi connectivity index (χ1) is 5.87. The molecule has 1 rings (SSSR count). The van der Waals surface area contributed by atoms with Crippen LogP contribution in [0.25, 0.3) is 0 Å². The lowest BCUT2D eigenvalue weighted by atomic mass is 9.97. The van der Waals surface area contributed by atoms with E-state index in [1.54, 1.807) is 0 Å². The summed E-state index contributed by atoms with van der Waals surface area (Å²) in [4.78, 5) is 1.39. The summed E-state index contributed by atoms with van der Waals surface area (Å²) in [6.45, 7) is 1.98. The summed E-state index contributed by atoms with van der Waals surface area (Å²) in [6, 6.07) is -0.105. The third-order valence-corrected chi connectivity index (χ3v) is 2.17. The summed E-state index contributed by atoms with van der Waals surface area (Å²) in [5.41, 5.74) is 5.63. The van der Waals surface area contributed by atoms with E-state index in [1.807, 2.05) is 6.92 Å². The van der Waals surface area contributed by atoms with Gasteiger partial charge in [0.15, 0.2) is 0 Å². The van der Waals surface area contributed by atoms with Gasteiger partial charge in [0.1, 0.15) is 0 Å². The summed E-state index contributed by atoms with van der Waals surface area (Å²) in [5, 5.41) is 0. The Morgan fingerprint density at radius 2 is 2.00 bits per heavy atom. The smallest absolute Gasteiger partial charge is 0.327 e. The van der Waals surface area contributed by atoms with Gasteiger partial charge in [-0.1, -0.05) is 6.92 Å². The molecule has 5 heteroatoms. The largest absolute Gasteiger partial charge is 0.401 e. The van der Waals surface area contributed by atoms with E-state index in [0.717, 1.165) is 6.42 Å². The monoisotopic (exact) mass is 196 g/mol. The van der Waals surface area contributed by atoms with Gasteiger partial charge in [-0.3, -0.25) is 4.90 Å². The molecule has 0 aromatic rings. The molecule has 0 aromatic heterocycles. The van der Waals surface area contributed by atoms with Crippen LogP contribution in [-0.4, -0.2) is 36.8 Å². The van der Waals surface area contributed by atoms with E-state index >= 15 is 0 Å².